The van der Waals surface area contributed by atoms with Crippen molar-refractivity contribution < 1.29 is 31.1 Å². The predicted octanol–water partition coefficient (Wildman–Crippen LogP) is 3.91. The van der Waals surface area contributed by atoms with Crippen LogP contribution in [0.1, 0.15) is 24.9 Å². The largest absolute Gasteiger partial charge is 0.497 e. The van der Waals surface area contributed by atoms with Gasteiger partial charge < -0.3 is 10.1 Å². The quantitative estimate of drug-likeness (QED) is 0.770. The van der Waals surface area contributed by atoms with E-state index in [1.54, 1.807) is 6.92 Å². The second-order valence-electron chi connectivity index (χ2n) is 4.37. The molecular weight excluding hydrogens is 300 g/mol. The Hall–Kier alpha value is -1.44. The molecule has 0 aromatic heterocycles. The van der Waals surface area contributed by atoms with Crippen molar-refractivity contribution in [3.05, 3.63) is 29.3 Å². The van der Waals surface area contributed by atoms with E-state index in [2.05, 4.69) is 10.1 Å². The second kappa shape index (κ2) is 7.02. The molecule has 0 spiro atoms. The summed E-state index contributed by atoms with van der Waals surface area (Å²) in [4.78, 5) is 0. The molecule has 0 fully saturated rings. The Bertz CT molecular complexity index is 457. The number of benzene rings is 1. The average Bonchev–Trinajstić information content (AvgIpc) is 2.40. The summed E-state index contributed by atoms with van der Waals surface area (Å²) in [7, 11) is 1.13. The van der Waals surface area contributed by atoms with Crippen LogP contribution >= 0.6 is 0 Å². The number of ether oxygens (including phenoxy) is 1. The van der Waals surface area contributed by atoms with Gasteiger partial charge >= 0.3 is 12.3 Å². The van der Waals surface area contributed by atoms with Gasteiger partial charge in [0.25, 0.3) is 0 Å². The minimum Gasteiger partial charge on any atom is -0.497 e. The zero-order chi connectivity index (χ0) is 16.2. The lowest BCUT2D eigenvalue weighted by molar-refractivity contribution is -0.152. The third-order valence-corrected chi connectivity index (χ3v) is 2.85. The Labute approximate surface area is 118 Å². The van der Waals surface area contributed by atoms with Gasteiger partial charge in [-0.05, 0) is 13.0 Å². The van der Waals surface area contributed by atoms with Crippen molar-refractivity contribution in [1.82, 2.24) is 5.32 Å². The molecule has 0 aliphatic rings. The SMILES string of the molecule is CCCNC(c1c(F)cc(OC)cc1F)C(F)(F)C(F)F. The van der Waals surface area contributed by atoms with E-state index >= 15 is 0 Å². The van der Waals surface area contributed by atoms with Crippen LogP contribution < -0.4 is 10.1 Å². The summed E-state index contributed by atoms with van der Waals surface area (Å²) < 4.78 is 84.5. The lowest BCUT2D eigenvalue weighted by atomic mass is 9.98. The molecule has 1 rings (SSSR count). The normalized spacial score (nSPS) is 13.6. The molecule has 1 aromatic carbocycles. The van der Waals surface area contributed by atoms with Crippen LogP contribution in [-0.4, -0.2) is 26.0 Å². The van der Waals surface area contributed by atoms with Crippen LogP contribution in [0.2, 0.25) is 0 Å². The molecule has 1 unspecified atom stereocenters. The first kappa shape index (κ1) is 17.6. The molecule has 0 heterocycles. The van der Waals surface area contributed by atoms with Gasteiger partial charge in [0.05, 0.1) is 7.11 Å². The number of alkyl halides is 4. The van der Waals surface area contributed by atoms with Crippen LogP contribution in [0.15, 0.2) is 12.1 Å². The third kappa shape index (κ3) is 3.81. The minimum absolute atomic E-state index is 0.0993. The summed E-state index contributed by atoms with van der Waals surface area (Å²) in [5.74, 6) is -7.60. The summed E-state index contributed by atoms with van der Waals surface area (Å²) >= 11 is 0. The summed E-state index contributed by atoms with van der Waals surface area (Å²) in [5, 5.41) is 2.08. The smallest absolute Gasteiger partial charge is 0.326 e. The van der Waals surface area contributed by atoms with Crippen molar-refractivity contribution in [2.45, 2.75) is 31.7 Å². The van der Waals surface area contributed by atoms with Gasteiger partial charge in [-0.3, -0.25) is 0 Å². The summed E-state index contributed by atoms with van der Waals surface area (Å²) in [6.07, 6.45) is -3.73. The maximum atomic E-state index is 13.8. The molecule has 0 amide bonds. The first-order valence-corrected chi connectivity index (χ1v) is 6.17. The van der Waals surface area contributed by atoms with Gasteiger partial charge in [0.2, 0.25) is 0 Å². The predicted molar refractivity (Wildman–Crippen MR) is 64.9 cm³/mol. The fourth-order valence-electron chi connectivity index (χ4n) is 1.80. The van der Waals surface area contributed by atoms with Crippen LogP contribution in [0.4, 0.5) is 26.3 Å². The number of hydrogen-bond acceptors (Lipinski definition) is 2. The highest BCUT2D eigenvalue weighted by atomic mass is 19.3. The van der Waals surface area contributed by atoms with Crippen molar-refractivity contribution in [2.24, 2.45) is 0 Å². The van der Waals surface area contributed by atoms with Crippen LogP contribution in [-0.2, 0) is 0 Å². The Kier molecular flexibility index (Phi) is 5.88. The third-order valence-electron chi connectivity index (χ3n) is 2.85. The molecule has 0 aliphatic heterocycles. The summed E-state index contributed by atoms with van der Waals surface area (Å²) in [6.45, 7) is 1.50. The van der Waals surface area contributed by atoms with Crippen LogP contribution in [0.25, 0.3) is 0 Å². The molecule has 21 heavy (non-hydrogen) atoms. The van der Waals surface area contributed by atoms with Gasteiger partial charge in [0.1, 0.15) is 23.4 Å². The van der Waals surface area contributed by atoms with Gasteiger partial charge in [0, 0.05) is 17.7 Å². The fraction of sp³-hybridized carbons (Fsp3) is 0.538. The maximum absolute atomic E-state index is 13.8. The van der Waals surface area contributed by atoms with E-state index in [1.807, 2.05) is 0 Å². The Balaban J connectivity index is 3.33. The Morgan fingerprint density at radius 1 is 1.19 bits per heavy atom. The van der Waals surface area contributed by atoms with Gasteiger partial charge in [-0.2, -0.15) is 8.78 Å². The lowest BCUT2D eigenvalue weighted by Crippen LogP contribution is -2.43. The van der Waals surface area contributed by atoms with Crippen molar-refractivity contribution in [3.63, 3.8) is 0 Å². The number of halogens is 6. The first-order valence-electron chi connectivity index (χ1n) is 6.17. The molecular formula is C13H15F6NO. The monoisotopic (exact) mass is 315 g/mol. The number of hydrogen-bond donors (Lipinski definition) is 1. The number of rotatable bonds is 7. The van der Waals surface area contributed by atoms with Gasteiger partial charge in [-0.15, -0.1) is 0 Å². The molecule has 0 aliphatic carbocycles. The van der Waals surface area contributed by atoms with E-state index in [1.165, 1.54) is 0 Å². The van der Waals surface area contributed by atoms with Crippen LogP contribution in [0, 0.1) is 11.6 Å². The van der Waals surface area contributed by atoms with Crippen molar-refractivity contribution in [2.75, 3.05) is 13.7 Å². The molecule has 1 atom stereocenters. The van der Waals surface area contributed by atoms with E-state index in [4.69, 9.17) is 0 Å². The minimum atomic E-state index is -4.62. The fourth-order valence-corrected chi connectivity index (χ4v) is 1.80. The van der Waals surface area contributed by atoms with E-state index in [9.17, 15) is 26.3 Å². The van der Waals surface area contributed by atoms with Crippen molar-refractivity contribution in [3.8, 4) is 5.75 Å². The molecule has 0 saturated carbocycles. The van der Waals surface area contributed by atoms with Crippen LogP contribution in [0.3, 0.4) is 0 Å². The zero-order valence-corrected chi connectivity index (χ0v) is 11.4. The van der Waals surface area contributed by atoms with E-state index < -0.39 is 35.6 Å². The highest BCUT2D eigenvalue weighted by molar-refractivity contribution is 5.33. The highest BCUT2D eigenvalue weighted by Crippen LogP contribution is 2.39. The molecule has 1 aromatic rings. The Morgan fingerprint density at radius 2 is 1.71 bits per heavy atom. The van der Waals surface area contributed by atoms with Gasteiger partial charge in [-0.25, -0.2) is 17.6 Å². The van der Waals surface area contributed by atoms with Crippen molar-refractivity contribution in [1.29, 1.82) is 0 Å². The van der Waals surface area contributed by atoms with Crippen LogP contribution in [0.5, 0.6) is 5.75 Å². The molecule has 0 radical (unpaired) electrons. The molecule has 1 N–H and O–H groups in total. The summed E-state index contributed by atoms with van der Waals surface area (Å²) in [6, 6.07) is -1.13. The van der Waals surface area contributed by atoms with Gasteiger partial charge in [0.15, 0.2) is 0 Å². The Morgan fingerprint density at radius 3 is 2.10 bits per heavy atom. The summed E-state index contributed by atoms with van der Waals surface area (Å²) in [5.41, 5.74) is -1.13. The number of nitrogens with one attached hydrogen (secondary N) is 1. The zero-order valence-electron chi connectivity index (χ0n) is 11.4. The molecule has 8 heteroatoms. The highest BCUT2D eigenvalue weighted by Gasteiger charge is 2.51. The number of methoxy groups -OCH3 is 1. The van der Waals surface area contributed by atoms with E-state index in [0.29, 0.717) is 18.6 Å². The first-order chi connectivity index (χ1) is 9.75. The molecule has 0 bridgehead atoms. The molecule has 120 valence electrons. The second-order valence-corrected chi connectivity index (χ2v) is 4.37. The van der Waals surface area contributed by atoms with Crippen molar-refractivity contribution >= 4 is 0 Å². The van der Waals surface area contributed by atoms with E-state index in [-0.39, 0.29) is 12.3 Å². The average molecular weight is 315 g/mol. The van der Waals surface area contributed by atoms with E-state index in [0.717, 1.165) is 7.11 Å². The standard InChI is InChI=1S/C13H15F6NO/c1-3-4-20-11(13(18,19)12(16)17)10-8(14)5-7(21-2)6-9(10)15/h5-6,11-12,20H,3-4H2,1-2H3. The lowest BCUT2D eigenvalue weighted by Gasteiger charge is -2.28. The topological polar surface area (TPSA) is 21.3 Å². The van der Waals surface area contributed by atoms with Gasteiger partial charge in [-0.1, -0.05) is 6.92 Å². The molecule has 2 nitrogen and oxygen atoms in total. The maximum Gasteiger partial charge on any atom is 0.326 e. The molecule has 0 saturated heterocycles.